The van der Waals surface area contributed by atoms with Gasteiger partial charge in [-0.1, -0.05) is 6.07 Å². The SMILES string of the molecule is CCN=C(NC1CC1c1c(F)cccc1F)N1CCC(OCCCOC)CC1.I. The molecule has 2 aliphatic rings. The van der Waals surface area contributed by atoms with Crippen LogP contribution in [0.15, 0.2) is 23.2 Å². The molecule has 0 spiro atoms. The second-order valence-electron chi connectivity index (χ2n) is 7.43. The van der Waals surface area contributed by atoms with Crippen LogP contribution in [0.2, 0.25) is 0 Å². The molecule has 1 aliphatic carbocycles. The average Bonchev–Trinajstić information content (AvgIpc) is 3.44. The average molecular weight is 523 g/mol. The molecule has 1 aromatic carbocycles. The van der Waals surface area contributed by atoms with Gasteiger partial charge in [-0.2, -0.15) is 0 Å². The van der Waals surface area contributed by atoms with E-state index in [4.69, 9.17) is 9.47 Å². The van der Waals surface area contributed by atoms with Crippen molar-refractivity contribution in [2.75, 3.05) is 40.0 Å². The van der Waals surface area contributed by atoms with E-state index >= 15 is 0 Å². The number of nitrogens with zero attached hydrogens (tertiary/aromatic N) is 2. The first kappa shape index (κ1) is 24.3. The fourth-order valence-corrected chi connectivity index (χ4v) is 3.78. The van der Waals surface area contributed by atoms with Crippen molar-refractivity contribution in [1.82, 2.24) is 10.2 Å². The van der Waals surface area contributed by atoms with Crippen molar-refractivity contribution in [2.45, 2.75) is 50.7 Å². The standard InChI is InChI=1S/C21H31F2N3O2.HI/c1-3-24-21(26-10-8-15(9-11-26)28-13-5-12-27-2)25-19-14-16(19)20-17(22)6-4-7-18(20)23;/h4,6-7,15-16,19H,3,5,8-14H2,1-2H3,(H,24,25);1H. The number of likely N-dealkylation sites (tertiary alicyclic amines) is 1. The number of halogens is 3. The highest BCUT2D eigenvalue weighted by atomic mass is 127. The van der Waals surface area contributed by atoms with Crippen molar-refractivity contribution in [3.05, 3.63) is 35.4 Å². The number of ether oxygens (including phenoxy) is 2. The zero-order valence-corrected chi connectivity index (χ0v) is 19.5. The van der Waals surface area contributed by atoms with Crippen molar-refractivity contribution in [1.29, 1.82) is 0 Å². The first-order valence-electron chi connectivity index (χ1n) is 10.2. The number of benzene rings is 1. The predicted molar refractivity (Wildman–Crippen MR) is 121 cm³/mol. The first-order valence-corrected chi connectivity index (χ1v) is 10.2. The lowest BCUT2D eigenvalue weighted by molar-refractivity contribution is 0.00988. The van der Waals surface area contributed by atoms with Gasteiger partial charge >= 0.3 is 0 Å². The van der Waals surface area contributed by atoms with Crippen LogP contribution >= 0.6 is 24.0 Å². The molecule has 1 heterocycles. The predicted octanol–water partition coefficient (Wildman–Crippen LogP) is 3.92. The molecule has 164 valence electrons. The Morgan fingerprint density at radius 3 is 2.52 bits per heavy atom. The van der Waals surface area contributed by atoms with Crippen molar-refractivity contribution < 1.29 is 18.3 Å². The maximum Gasteiger partial charge on any atom is 0.194 e. The van der Waals surface area contributed by atoms with Crippen molar-refractivity contribution in [2.24, 2.45) is 4.99 Å². The van der Waals surface area contributed by atoms with E-state index in [0.29, 0.717) is 6.54 Å². The molecule has 0 amide bonds. The van der Waals surface area contributed by atoms with Crippen molar-refractivity contribution in [3.63, 3.8) is 0 Å². The summed E-state index contributed by atoms with van der Waals surface area (Å²) in [6.07, 6.45) is 3.81. The number of piperidine rings is 1. The van der Waals surface area contributed by atoms with Crippen LogP contribution in [0.5, 0.6) is 0 Å². The molecule has 1 aliphatic heterocycles. The maximum atomic E-state index is 14.0. The summed E-state index contributed by atoms with van der Waals surface area (Å²) in [7, 11) is 1.70. The van der Waals surface area contributed by atoms with Gasteiger partial charge < -0.3 is 19.7 Å². The minimum absolute atomic E-state index is 0. The summed E-state index contributed by atoms with van der Waals surface area (Å²) in [5, 5.41) is 3.42. The Kier molecular flexibility index (Phi) is 10.0. The molecule has 1 N–H and O–H groups in total. The largest absolute Gasteiger partial charge is 0.385 e. The lowest BCUT2D eigenvalue weighted by atomic mass is 10.1. The third kappa shape index (κ3) is 6.75. The number of rotatable bonds is 8. The third-order valence-electron chi connectivity index (χ3n) is 5.37. The normalized spacial score (nSPS) is 22.3. The van der Waals surface area contributed by atoms with E-state index in [0.717, 1.165) is 57.9 Å². The highest BCUT2D eigenvalue weighted by molar-refractivity contribution is 14.0. The van der Waals surface area contributed by atoms with Crippen LogP contribution in [0.4, 0.5) is 8.78 Å². The fourth-order valence-electron chi connectivity index (χ4n) is 3.78. The molecule has 0 radical (unpaired) electrons. The quantitative estimate of drug-likeness (QED) is 0.243. The van der Waals surface area contributed by atoms with Crippen LogP contribution in [0.3, 0.4) is 0 Å². The second-order valence-corrected chi connectivity index (χ2v) is 7.43. The molecule has 2 unspecified atom stereocenters. The summed E-state index contributed by atoms with van der Waals surface area (Å²) in [4.78, 5) is 6.83. The van der Waals surface area contributed by atoms with Gasteiger partial charge in [-0.3, -0.25) is 4.99 Å². The Balaban J connectivity index is 0.00000300. The Morgan fingerprint density at radius 2 is 1.90 bits per heavy atom. The van der Waals surface area contributed by atoms with Crippen molar-refractivity contribution in [3.8, 4) is 0 Å². The van der Waals surface area contributed by atoms with Crippen LogP contribution in [0.1, 0.15) is 44.1 Å². The minimum atomic E-state index is -0.463. The first-order chi connectivity index (χ1) is 13.6. The fraction of sp³-hybridized carbons (Fsp3) is 0.667. The van der Waals surface area contributed by atoms with Gasteiger partial charge in [0.1, 0.15) is 11.6 Å². The van der Waals surface area contributed by atoms with Crippen molar-refractivity contribution >= 4 is 29.9 Å². The molecule has 3 rings (SSSR count). The molecule has 8 heteroatoms. The lowest BCUT2D eigenvalue weighted by Crippen LogP contribution is -2.48. The van der Waals surface area contributed by atoms with E-state index in [1.807, 2.05) is 6.92 Å². The number of methoxy groups -OCH3 is 1. The smallest absolute Gasteiger partial charge is 0.194 e. The number of hydrogen-bond acceptors (Lipinski definition) is 3. The van der Waals surface area contributed by atoms with Crippen LogP contribution in [-0.2, 0) is 9.47 Å². The summed E-state index contributed by atoms with van der Waals surface area (Å²) in [5.41, 5.74) is 0.194. The number of guanidine groups is 1. The molecule has 0 bridgehead atoms. The number of hydrogen-bond donors (Lipinski definition) is 1. The summed E-state index contributed by atoms with van der Waals surface area (Å²) >= 11 is 0. The Hall–Kier alpha value is -1.00. The van der Waals surface area contributed by atoms with Gasteiger partial charge in [-0.05, 0) is 44.7 Å². The topological polar surface area (TPSA) is 46.1 Å². The van der Waals surface area contributed by atoms with Gasteiger partial charge in [0.25, 0.3) is 0 Å². The maximum absolute atomic E-state index is 14.0. The van der Waals surface area contributed by atoms with Gasteiger partial charge in [0.05, 0.1) is 6.10 Å². The summed E-state index contributed by atoms with van der Waals surface area (Å²) in [6.45, 7) is 5.85. The molecule has 1 saturated carbocycles. The highest BCUT2D eigenvalue weighted by Crippen LogP contribution is 2.43. The summed E-state index contributed by atoms with van der Waals surface area (Å²) in [5.74, 6) is -0.223. The monoisotopic (exact) mass is 523 g/mol. The molecule has 2 atom stereocenters. The van der Waals surface area contributed by atoms with E-state index in [1.54, 1.807) is 7.11 Å². The summed E-state index contributed by atoms with van der Waals surface area (Å²) in [6, 6.07) is 4.09. The Morgan fingerprint density at radius 1 is 1.21 bits per heavy atom. The molecule has 5 nitrogen and oxygen atoms in total. The van der Waals surface area contributed by atoms with Crippen LogP contribution in [-0.4, -0.2) is 63.0 Å². The Labute approximate surface area is 189 Å². The number of aliphatic imine (C=N–C) groups is 1. The molecular formula is C21H32F2IN3O2. The van der Waals surface area contributed by atoms with E-state index in [9.17, 15) is 8.78 Å². The number of nitrogens with one attached hydrogen (secondary N) is 1. The molecule has 29 heavy (non-hydrogen) atoms. The molecule has 1 aromatic rings. The minimum Gasteiger partial charge on any atom is -0.385 e. The van der Waals surface area contributed by atoms with Gasteiger partial charge in [0.2, 0.25) is 0 Å². The lowest BCUT2D eigenvalue weighted by Gasteiger charge is -2.34. The second kappa shape index (κ2) is 12.0. The zero-order chi connectivity index (χ0) is 19.9. The zero-order valence-electron chi connectivity index (χ0n) is 17.2. The van der Waals surface area contributed by atoms with E-state index in [2.05, 4.69) is 15.2 Å². The molecule has 2 fully saturated rings. The van der Waals surface area contributed by atoms with Gasteiger partial charge in [0.15, 0.2) is 5.96 Å². The van der Waals surface area contributed by atoms with Gasteiger partial charge in [-0.25, -0.2) is 8.78 Å². The van der Waals surface area contributed by atoms with Crippen LogP contribution in [0.25, 0.3) is 0 Å². The molecule has 1 saturated heterocycles. The van der Waals surface area contributed by atoms with Crippen LogP contribution < -0.4 is 5.32 Å². The van der Waals surface area contributed by atoms with Gasteiger partial charge in [0, 0.05) is 57.5 Å². The molecular weight excluding hydrogens is 491 g/mol. The summed E-state index contributed by atoms with van der Waals surface area (Å²) < 4.78 is 39.0. The third-order valence-corrected chi connectivity index (χ3v) is 5.37. The van der Waals surface area contributed by atoms with E-state index in [-0.39, 0.29) is 47.6 Å². The Bertz CT molecular complexity index is 649. The van der Waals surface area contributed by atoms with Gasteiger partial charge in [-0.15, -0.1) is 24.0 Å². The van der Waals surface area contributed by atoms with Crippen LogP contribution in [0, 0.1) is 11.6 Å². The van der Waals surface area contributed by atoms with E-state index in [1.165, 1.54) is 18.2 Å². The molecule has 0 aromatic heterocycles. The highest BCUT2D eigenvalue weighted by Gasteiger charge is 2.43. The van der Waals surface area contributed by atoms with E-state index < -0.39 is 11.6 Å².